The fourth-order valence-electron chi connectivity index (χ4n) is 2.72. The van der Waals surface area contributed by atoms with E-state index in [9.17, 15) is 4.79 Å². The standard InChI is InChI=1S/C14H18N2O2.ClH/c1-15-11-6-7-16(9-11)14(17)13-8-10-4-2-3-5-12(10)18-13;/h2-5,11,13,15H,6-9H2,1H3;1H. The molecule has 1 saturated heterocycles. The lowest BCUT2D eigenvalue weighted by atomic mass is 10.1. The molecule has 3 rings (SSSR count). The number of ether oxygens (including phenoxy) is 1. The van der Waals surface area contributed by atoms with Gasteiger partial charge in [0.2, 0.25) is 0 Å². The number of nitrogens with one attached hydrogen (secondary N) is 1. The Hall–Kier alpha value is -1.26. The first-order valence-corrected chi connectivity index (χ1v) is 6.48. The van der Waals surface area contributed by atoms with E-state index in [0.717, 1.165) is 30.8 Å². The zero-order valence-corrected chi connectivity index (χ0v) is 11.8. The van der Waals surface area contributed by atoms with E-state index in [1.165, 1.54) is 0 Å². The summed E-state index contributed by atoms with van der Waals surface area (Å²) in [6.07, 6.45) is 1.41. The van der Waals surface area contributed by atoms with E-state index in [-0.39, 0.29) is 24.4 Å². The molecule has 2 aliphatic rings. The van der Waals surface area contributed by atoms with Crippen LogP contribution in [0, 0.1) is 0 Å². The van der Waals surface area contributed by atoms with Crippen LogP contribution in [0.3, 0.4) is 0 Å². The van der Waals surface area contributed by atoms with E-state index < -0.39 is 0 Å². The SMILES string of the molecule is CNC1CCN(C(=O)C2Cc3ccccc3O2)C1.Cl. The fourth-order valence-corrected chi connectivity index (χ4v) is 2.72. The summed E-state index contributed by atoms with van der Waals surface area (Å²) in [5.74, 6) is 0.990. The highest BCUT2D eigenvalue weighted by Crippen LogP contribution is 2.29. The van der Waals surface area contributed by atoms with Crippen LogP contribution in [-0.2, 0) is 11.2 Å². The molecular formula is C14H19ClN2O2. The van der Waals surface area contributed by atoms with Crippen LogP contribution in [0.2, 0.25) is 0 Å². The number of likely N-dealkylation sites (tertiary alicyclic amines) is 1. The molecule has 0 aromatic heterocycles. The van der Waals surface area contributed by atoms with Crippen molar-refractivity contribution < 1.29 is 9.53 Å². The molecule has 2 unspecified atom stereocenters. The van der Waals surface area contributed by atoms with Crippen LogP contribution in [-0.4, -0.2) is 43.1 Å². The molecule has 0 spiro atoms. The van der Waals surface area contributed by atoms with Gasteiger partial charge in [-0.1, -0.05) is 18.2 Å². The minimum Gasteiger partial charge on any atom is -0.480 e. The summed E-state index contributed by atoms with van der Waals surface area (Å²) < 4.78 is 5.74. The highest BCUT2D eigenvalue weighted by Gasteiger charge is 2.35. The molecule has 4 nitrogen and oxygen atoms in total. The van der Waals surface area contributed by atoms with Gasteiger partial charge in [0.05, 0.1) is 0 Å². The topological polar surface area (TPSA) is 41.6 Å². The number of hydrogen-bond acceptors (Lipinski definition) is 3. The number of halogens is 1. The number of carbonyl (C=O) groups is 1. The van der Waals surface area contributed by atoms with E-state index >= 15 is 0 Å². The third-order valence-corrected chi connectivity index (χ3v) is 3.83. The number of likely N-dealkylation sites (N-methyl/N-ethyl adjacent to an activating group) is 1. The summed E-state index contributed by atoms with van der Waals surface area (Å²) in [5, 5.41) is 3.22. The summed E-state index contributed by atoms with van der Waals surface area (Å²) in [6.45, 7) is 1.63. The average molecular weight is 283 g/mol. The lowest BCUT2D eigenvalue weighted by Crippen LogP contribution is -2.41. The zero-order valence-electron chi connectivity index (χ0n) is 11.0. The normalized spacial score (nSPS) is 24.6. The number of para-hydroxylation sites is 1. The second-order valence-electron chi connectivity index (χ2n) is 4.98. The summed E-state index contributed by atoms with van der Waals surface area (Å²) in [5.41, 5.74) is 1.14. The average Bonchev–Trinajstić information content (AvgIpc) is 3.04. The van der Waals surface area contributed by atoms with E-state index in [4.69, 9.17) is 4.74 Å². The van der Waals surface area contributed by atoms with Gasteiger partial charge in [-0.25, -0.2) is 0 Å². The van der Waals surface area contributed by atoms with E-state index in [2.05, 4.69) is 5.32 Å². The molecule has 1 amide bonds. The largest absolute Gasteiger partial charge is 0.480 e. The van der Waals surface area contributed by atoms with E-state index in [0.29, 0.717) is 12.5 Å². The molecular weight excluding hydrogens is 264 g/mol. The Morgan fingerprint density at radius 1 is 1.42 bits per heavy atom. The van der Waals surface area contributed by atoms with Gasteiger partial charge >= 0.3 is 0 Å². The number of nitrogens with zero attached hydrogens (tertiary/aromatic N) is 1. The van der Waals surface area contributed by atoms with Crippen molar-refractivity contribution in [3.05, 3.63) is 29.8 Å². The Labute approximate surface area is 119 Å². The minimum absolute atomic E-state index is 0. The molecule has 1 aromatic carbocycles. The molecule has 0 saturated carbocycles. The van der Waals surface area contributed by atoms with Gasteiger partial charge in [0.25, 0.3) is 5.91 Å². The predicted molar refractivity (Wildman–Crippen MR) is 75.9 cm³/mol. The van der Waals surface area contributed by atoms with Crippen LogP contribution in [0.4, 0.5) is 0 Å². The summed E-state index contributed by atoms with van der Waals surface area (Å²) in [7, 11) is 1.95. The maximum atomic E-state index is 12.4. The van der Waals surface area contributed by atoms with Crippen LogP contribution >= 0.6 is 12.4 Å². The Morgan fingerprint density at radius 3 is 2.89 bits per heavy atom. The van der Waals surface area contributed by atoms with Gasteiger partial charge < -0.3 is 15.0 Å². The van der Waals surface area contributed by atoms with Crippen molar-refractivity contribution in [2.75, 3.05) is 20.1 Å². The van der Waals surface area contributed by atoms with Crippen LogP contribution in [0.5, 0.6) is 5.75 Å². The first kappa shape index (κ1) is 14.2. The minimum atomic E-state index is -0.321. The van der Waals surface area contributed by atoms with E-state index in [1.807, 2.05) is 36.2 Å². The molecule has 1 aromatic rings. The molecule has 104 valence electrons. The summed E-state index contributed by atoms with van der Waals surface area (Å²) >= 11 is 0. The molecule has 1 N–H and O–H groups in total. The third-order valence-electron chi connectivity index (χ3n) is 3.83. The van der Waals surface area contributed by atoms with Gasteiger partial charge in [0.1, 0.15) is 5.75 Å². The molecule has 0 aliphatic carbocycles. The molecule has 1 fully saturated rings. The van der Waals surface area contributed by atoms with Gasteiger partial charge in [0.15, 0.2) is 6.10 Å². The van der Waals surface area contributed by atoms with Gasteiger partial charge in [0, 0.05) is 25.6 Å². The highest BCUT2D eigenvalue weighted by atomic mass is 35.5. The smallest absolute Gasteiger partial charge is 0.264 e. The number of fused-ring (bicyclic) bond motifs is 1. The first-order chi connectivity index (χ1) is 8.78. The molecule has 2 aliphatic heterocycles. The second kappa shape index (κ2) is 5.80. The Morgan fingerprint density at radius 2 is 2.21 bits per heavy atom. The number of rotatable bonds is 2. The molecule has 5 heteroatoms. The van der Waals surface area contributed by atoms with Crippen LogP contribution in [0.25, 0.3) is 0 Å². The van der Waals surface area contributed by atoms with Crippen LogP contribution < -0.4 is 10.1 Å². The van der Waals surface area contributed by atoms with Gasteiger partial charge in [-0.2, -0.15) is 0 Å². The Bertz CT molecular complexity index is 442. The maximum Gasteiger partial charge on any atom is 0.264 e. The highest BCUT2D eigenvalue weighted by molar-refractivity contribution is 5.85. The number of amides is 1. The van der Waals surface area contributed by atoms with Crippen LogP contribution in [0.1, 0.15) is 12.0 Å². The van der Waals surface area contributed by atoms with Crippen LogP contribution in [0.15, 0.2) is 24.3 Å². The van der Waals surface area contributed by atoms with Crippen molar-refractivity contribution in [2.24, 2.45) is 0 Å². The van der Waals surface area contributed by atoms with Gasteiger partial charge in [-0.3, -0.25) is 4.79 Å². The van der Waals surface area contributed by atoms with Crippen molar-refractivity contribution in [2.45, 2.75) is 25.0 Å². The molecule has 2 heterocycles. The molecule has 0 radical (unpaired) electrons. The van der Waals surface area contributed by atoms with Crippen molar-refractivity contribution in [1.82, 2.24) is 10.2 Å². The lowest BCUT2D eigenvalue weighted by molar-refractivity contribution is -0.136. The third kappa shape index (κ3) is 2.69. The van der Waals surface area contributed by atoms with Gasteiger partial charge in [-0.05, 0) is 25.1 Å². The fraction of sp³-hybridized carbons (Fsp3) is 0.500. The lowest BCUT2D eigenvalue weighted by Gasteiger charge is -2.20. The Kier molecular flexibility index (Phi) is 4.32. The Balaban J connectivity index is 0.00000133. The summed E-state index contributed by atoms with van der Waals surface area (Å²) in [6, 6.07) is 8.32. The monoisotopic (exact) mass is 282 g/mol. The quantitative estimate of drug-likeness (QED) is 0.887. The van der Waals surface area contributed by atoms with E-state index in [1.54, 1.807) is 0 Å². The number of hydrogen-bond donors (Lipinski definition) is 1. The van der Waals surface area contributed by atoms with Crippen molar-refractivity contribution in [3.8, 4) is 5.75 Å². The summed E-state index contributed by atoms with van der Waals surface area (Å²) in [4.78, 5) is 14.3. The van der Waals surface area contributed by atoms with Crippen molar-refractivity contribution in [1.29, 1.82) is 0 Å². The zero-order chi connectivity index (χ0) is 12.5. The molecule has 0 bridgehead atoms. The molecule has 19 heavy (non-hydrogen) atoms. The predicted octanol–water partition coefficient (Wildman–Crippen LogP) is 1.23. The van der Waals surface area contributed by atoms with Gasteiger partial charge in [-0.15, -0.1) is 12.4 Å². The second-order valence-corrected chi connectivity index (χ2v) is 4.98. The number of benzene rings is 1. The van der Waals surface area contributed by atoms with Crippen molar-refractivity contribution in [3.63, 3.8) is 0 Å². The van der Waals surface area contributed by atoms with Crippen molar-refractivity contribution >= 4 is 18.3 Å². The maximum absolute atomic E-state index is 12.4. The first-order valence-electron chi connectivity index (χ1n) is 6.48. The number of carbonyl (C=O) groups excluding carboxylic acids is 1. The molecule has 2 atom stereocenters.